The number of anilines is 1. The first-order valence-corrected chi connectivity index (χ1v) is 7.47. The van der Waals surface area contributed by atoms with E-state index < -0.39 is 29.3 Å². The molecule has 2 aromatic heterocycles. The Kier molecular flexibility index (Phi) is 4.35. The number of fused-ring (bicyclic) bond motifs is 1. The summed E-state index contributed by atoms with van der Waals surface area (Å²) in [5, 5.41) is 1.89. The number of amides is 1. The van der Waals surface area contributed by atoms with Crippen molar-refractivity contribution in [3.05, 3.63) is 64.1 Å². The minimum absolute atomic E-state index is 0.0538. The highest BCUT2D eigenvalue weighted by Gasteiger charge is 2.33. The molecule has 0 aliphatic rings. The standard InChI is InChI=1S/C16H9ClF5N3O/c1-7-13(15(26)24-12-3-2-9(18)5-11(12)19)25-6-8(16(20,21)22)4-10(17)14(25)23-7/h2-6H,1H3,(H,24,26). The van der Waals surface area contributed by atoms with E-state index in [0.29, 0.717) is 18.3 Å². The lowest BCUT2D eigenvalue weighted by atomic mass is 10.2. The number of nitrogens with one attached hydrogen (secondary N) is 1. The molecule has 0 unspecified atom stereocenters. The highest BCUT2D eigenvalue weighted by atomic mass is 35.5. The predicted octanol–water partition coefficient (Wildman–Crippen LogP) is 4.85. The third-order valence-electron chi connectivity index (χ3n) is 3.57. The Balaban J connectivity index is 2.10. The maximum absolute atomic E-state index is 13.7. The molecule has 0 aliphatic carbocycles. The Morgan fingerprint density at radius 1 is 1.23 bits per heavy atom. The number of hydrogen-bond acceptors (Lipinski definition) is 2. The maximum atomic E-state index is 13.7. The van der Waals surface area contributed by atoms with Crippen LogP contribution in [0.3, 0.4) is 0 Å². The average Bonchev–Trinajstić information content (AvgIpc) is 2.86. The summed E-state index contributed by atoms with van der Waals surface area (Å²) in [7, 11) is 0. The lowest BCUT2D eigenvalue weighted by Crippen LogP contribution is -2.17. The molecule has 0 fully saturated rings. The zero-order chi connectivity index (χ0) is 19.2. The van der Waals surface area contributed by atoms with Gasteiger partial charge in [-0.1, -0.05) is 11.6 Å². The van der Waals surface area contributed by atoms with Gasteiger partial charge in [0.05, 0.1) is 22.0 Å². The second-order valence-electron chi connectivity index (χ2n) is 5.39. The van der Waals surface area contributed by atoms with Crippen LogP contribution in [-0.2, 0) is 6.18 Å². The zero-order valence-electron chi connectivity index (χ0n) is 13.0. The lowest BCUT2D eigenvalue weighted by molar-refractivity contribution is -0.137. The van der Waals surface area contributed by atoms with Crippen LogP contribution in [0.15, 0.2) is 30.5 Å². The normalized spacial score (nSPS) is 11.8. The first kappa shape index (κ1) is 18.1. The van der Waals surface area contributed by atoms with Crippen molar-refractivity contribution in [2.24, 2.45) is 0 Å². The monoisotopic (exact) mass is 389 g/mol. The van der Waals surface area contributed by atoms with Crippen molar-refractivity contribution in [3.63, 3.8) is 0 Å². The van der Waals surface area contributed by atoms with Gasteiger partial charge < -0.3 is 5.32 Å². The molecule has 2 heterocycles. The van der Waals surface area contributed by atoms with E-state index in [-0.39, 0.29) is 27.7 Å². The SMILES string of the molecule is Cc1nc2c(Cl)cc(C(F)(F)F)cn2c1C(=O)Nc1ccc(F)cc1F. The summed E-state index contributed by atoms with van der Waals surface area (Å²) in [5.74, 6) is -2.79. The van der Waals surface area contributed by atoms with Gasteiger partial charge in [0.25, 0.3) is 5.91 Å². The van der Waals surface area contributed by atoms with Crippen molar-refractivity contribution in [1.82, 2.24) is 9.38 Å². The van der Waals surface area contributed by atoms with Crippen molar-refractivity contribution < 1.29 is 26.7 Å². The van der Waals surface area contributed by atoms with Gasteiger partial charge in [0, 0.05) is 12.3 Å². The summed E-state index contributed by atoms with van der Waals surface area (Å²) in [4.78, 5) is 16.4. The number of carbonyl (C=O) groups is 1. The Morgan fingerprint density at radius 3 is 2.54 bits per heavy atom. The summed E-state index contributed by atoms with van der Waals surface area (Å²) in [6.45, 7) is 1.40. The van der Waals surface area contributed by atoms with Gasteiger partial charge in [-0.3, -0.25) is 9.20 Å². The van der Waals surface area contributed by atoms with Crippen LogP contribution in [0.1, 0.15) is 21.7 Å². The fraction of sp³-hybridized carbons (Fsp3) is 0.125. The number of nitrogens with zero attached hydrogens (tertiary/aromatic N) is 2. The van der Waals surface area contributed by atoms with Gasteiger partial charge >= 0.3 is 6.18 Å². The van der Waals surface area contributed by atoms with Crippen LogP contribution in [0.2, 0.25) is 5.02 Å². The number of aryl methyl sites for hydroxylation is 1. The summed E-state index contributed by atoms with van der Waals surface area (Å²) < 4.78 is 66.5. The van der Waals surface area contributed by atoms with Crippen LogP contribution in [-0.4, -0.2) is 15.3 Å². The molecule has 1 N–H and O–H groups in total. The number of carbonyl (C=O) groups excluding carboxylic acids is 1. The lowest BCUT2D eigenvalue weighted by Gasteiger charge is -2.10. The molecule has 0 saturated heterocycles. The van der Waals surface area contributed by atoms with E-state index in [4.69, 9.17) is 11.6 Å². The fourth-order valence-electron chi connectivity index (χ4n) is 2.42. The van der Waals surface area contributed by atoms with Crippen LogP contribution in [0.5, 0.6) is 0 Å². The summed E-state index contributed by atoms with van der Waals surface area (Å²) in [6.07, 6.45) is -4.01. The molecule has 136 valence electrons. The molecule has 4 nitrogen and oxygen atoms in total. The van der Waals surface area contributed by atoms with Crippen molar-refractivity contribution in [2.45, 2.75) is 13.1 Å². The zero-order valence-corrected chi connectivity index (χ0v) is 13.7. The Labute approximate surface area is 148 Å². The minimum atomic E-state index is -4.69. The number of halogens is 6. The molecule has 1 amide bonds. The minimum Gasteiger partial charge on any atom is -0.318 e. The van der Waals surface area contributed by atoms with Gasteiger partial charge in [-0.15, -0.1) is 0 Å². The molecule has 0 radical (unpaired) electrons. The number of imidazole rings is 1. The number of hydrogen-bond donors (Lipinski definition) is 1. The molecule has 26 heavy (non-hydrogen) atoms. The predicted molar refractivity (Wildman–Crippen MR) is 84.3 cm³/mol. The molecule has 3 rings (SSSR count). The van der Waals surface area contributed by atoms with Crippen LogP contribution < -0.4 is 5.32 Å². The van der Waals surface area contributed by atoms with E-state index in [0.717, 1.165) is 16.5 Å². The van der Waals surface area contributed by atoms with E-state index in [2.05, 4.69) is 10.3 Å². The molecule has 0 atom stereocenters. The number of aromatic nitrogens is 2. The van der Waals surface area contributed by atoms with Crippen LogP contribution >= 0.6 is 11.6 Å². The number of alkyl halides is 3. The van der Waals surface area contributed by atoms with Gasteiger partial charge in [0.15, 0.2) is 5.65 Å². The van der Waals surface area contributed by atoms with Gasteiger partial charge in [0.2, 0.25) is 0 Å². The summed E-state index contributed by atoms with van der Waals surface area (Å²) in [5.41, 5.74) is -1.62. The van der Waals surface area contributed by atoms with Crippen LogP contribution in [0.4, 0.5) is 27.6 Å². The molecule has 1 aromatic carbocycles. The van der Waals surface area contributed by atoms with E-state index in [9.17, 15) is 26.7 Å². The van der Waals surface area contributed by atoms with Crippen LogP contribution in [0.25, 0.3) is 5.65 Å². The van der Waals surface area contributed by atoms with Crippen molar-refractivity contribution in [3.8, 4) is 0 Å². The highest BCUT2D eigenvalue weighted by Crippen LogP contribution is 2.33. The molecule has 0 aliphatic heterocycles. The van der Waals surface area contributed by atoms with Crippen LogP contribution in [0, 0.1) is 18.6 Å². The Bertz CT molecular complexity index is 1030. The largest absolute Gasteiger partial charge is 0.417 e. The third kappa shape index (κ3) is 3.22. The second kappa shape index (κ2) is 6.24. The molecular formula is C16H9ClF5N3O. The van der Waals surface area contributed by atoms with Gasteiger partial charge in [0.1, 0.15) is 17.3 Å². The molecular weight excluding hydrogens is 381 g/mol. The van der Waals surface area contributed by atoms with Gasteiger partial charge in [-0.25, -0.2) is 13.8 Å². The van der Waals surface area contributed by atoms with E-state index >= 15 is 0 Å². The van der Waals surface area contributed by atoms with E-state index in [1.807, 2.05) is 0 Å². The third-order valence-corrected chi connectivity index (χ3v) is 3.85. The topological polar surface area (TPSA) is 46.4 Å². The van der Waals surface area contributed by atoms with Gasteiger partial charge in [-0.2, -0.15) is 13.2 Å². The van der Waals surface area contributed by atoms with Gasteiger partial charge in [-0.05, 0) is 25.1 Å². The fourth-order valence-corrected chi connectivity index (χ4v) is 2.67. The molecule has 0 saturated carbocycles. The average molecular weight is 390 g/mol. The smallest absolute Gasteiger partial charge is 0.318 e. The van der Waals surface area contributed by atoms with Crippen molar-refractivity contribution in [1.29, 1.82) is 0 Å². The van der Waals surface area contributed by atoms with Crippen molar-refractivity contribution in [2.75, 3.05) is 5.32 Å². The first-order valence-electron chi connectivity index (χ1n) is 7.09. The summed E-state index contributed by atoms with van der Waals surface area (Å²) in [6, 6.07) is 3.19. The molecule has 10 heteroatoms. The van der Waals surface area contributed by atoms with E-state index in [1.165, 1.54) is 6.92 Å². The Hall–Kier alpha value is -2.68. The summed E-state index contributed by atoms with van der Waals surface area (Å²) >= 11 is 5.84. The second-order valence-corrected chi connectivity index (χ2v) is 5.80. The number of pyridine rings is 1. The highest BCUT2D eigenvalue weighted by molar-refractivity contribution is 6.33. The molecule has 3 aromatic rings. The molecule has 0 spiro atoms. The van der Waals surface area contributed by atoms with Crippen molar-refractivity contribution >= 4 is 28.8 Å². The van der Waals surface area contributed by atoms with E-state index in [1.54, 1.807) is 0 Å². The molecule has 0 bridgehead atoms. The first-order chi connectivity index (χ1) is 12.1. The maximum Gasteiger partial charge on any atom is 0.417 e. The Morgan fingerprint density at radius 2 is 1.92 bits per heavy atom. The number of rotatable bonds is 2. The quantitative estimate of drug-likeness (QED) is 0.637. The number of benzene rings is 1.